The van der Waals surface area contributed by atoms with E-state index in [0.29, 0.717) is 11.4 Å². The topological polar surface area (TPSA) is 56.0 Å². The largest absolute Gasteiger partial charge is 0.382 e. The Balaban J connectivity index is 3.78. The molecule has 0 aliphatic rings. The molecular weight excluding hydrogens is 170 g/mol. The first kappa shape index (κ1) is 9.57. The number of hydrogen-bond donors (Lipinski definition) is 1. The fraction of sp³-hybridized carbons (Fsp3) is 0.500. The van der Waals surface area contributed by atoms with Gasteiger partial charge in [-0.05, 0) is 6.92 Å². The highest BCUT2D eigenvalue weighted by atomic mass is 16.2. The van der Waals surface area contributed by atoms with Gasteiger partial charge in [-0.1, -0.05) is 0 Å². The van der Waals surface area contributed by atoms with E-state index in [9.17, 15) is 9.59 Å². The molecule has 0 aromatic carbocycles. The molecule has 1 aromatic heterocycles. The monoisotopic (exact) mass is 183 g/mol. The van der Waals surface area contributed by atoms with Crippen LogP contribution in [0.15, 0.2) is 9.59 Å². The third-order valence-electron chi connectivity index (χ3n) is 2.21. The lowest BCUT2D eigenvalue weighted by molar-refractivity contribution is 0.671. The van der Waals surface area contributed by atoms with E-state index in [1.54, 1.807) is 21.0 Å². The summed E-state index contributed by atoms with van der Waals surface area (Å²) in [4.78, 5) is 22.9. The third kappa shape index (κ3) is 1.26. The molecule has 0 aliphatic heterocycles. The highest BCUT2D eigenvalue weighted by molar-refractivity contribution is 5.44. The summed E-state index contributed by atoms with van der Waals surface area (Å²) in [6, 6.07) is 0. The second-order valence-electron chi connectivity index (χ2n) is 2.92. The van der Waals surface area contributed by atoms with Crippen LogP contribution in [-0.2, 0) is 14.1 Å². The molecule has 0 amide bonds. The minimum absolute atomic E-state index is 0.289. The zero-order valence-corrected chi connectivity index (χ0v) is 8.21. The van der Waals surface area contributed by atoms with Gasteiger partial charge in [0.15, 0.2) is 0 Å². The van der Waals surface area contributed by atoms with Crippen LogP contribution in [0.4, 0.5) is 5.69 Å². The molecule has 5 heteroatoms. The molecule has 5 nitrogen and oxygen atoms in total. The van der Waals surface area contributed by atoms with Crippen LogP contribution in [0.2, 0.25) is 0 Å². The fourth-order valence-electron chi connectivity index (χ4n) is 1.23. The van der Waals surface area contributed by atoms with E-state index in [1.165, 1.54) is 11.6 Å². The lowest BCUT2D eigenvalue weighted by Gasteiger charge is -2.10. The van der Waals surface area contributed by atoms with Gasteiger partial charge in [0.1, 0.15) is 5.69 Å². The van der Waals surface area contributed by atoms with E-state index in [0.717, 1.165) is 4.57 Å². The van der Waals surface area contributed by atoms with Crippen molar-refractivity contribution in [2.45, 2.75) is 6.92 Å². The first-order chi connectivity index (χ1) is 6.00. The van der Waals surface area contributed by atoms with Crippen molar-refractivity contribution >= 4 is 5.69 Å². The smallest absolute Gasteiger partial charge is 0.330 e. The van der Waals surface area contributed by atoms with Crippen molar-refractivity contribution in [3.63, 3.8) is 0 Å². The summed E-state index contributed by atoms with van der Waals surface area (Å²) in [5.74, 6) is 0. The number of anilines is 1. The van der Waals surface area contributed by atoms with E-state index in [2.05, 4.69) is 5.32 Å². The van der Waals surface area contributed by atoms with E-state index < -0.39 is 0 Å². The van der Waals surface area contributed by atoms with Crippen LogP contribution in [-0.4, -0.2) is 16.2 Å². The first-order valence-corrected chi connectivity index (χ1v) is 3.95. The number of nitrogens with zero attached hydrogens (tertiary/aromatic N) is 2. The molecule has 0 bridgehead atoms. The molecule has 0 unspecified atom stereocenters. The van der Waals surface area contributed by atoms with Crippen molar-refractivity contribution in [3.8, 4) is 0 Å². The summed E-state index contributed by atoms with van der Waals surface area (Å²) >= 11 is 0. The molecule has 0 saturated heterocycles. The quantitative estimate of drug-likeness (QED) is 0.634. The molecule has 1 heterocycles. The standard InChI is InChI=1S/C8H13N3O2/c1-5-6(9-2)7(12)11(4)8(13)10(5)3/h9H,1-4H3. The average molecular weight is 183 g/mol. The van der Waals surface area contributed by atoms with Crippen LogP contribution < -0.4 is 16.6 Å². The first-order valence-electron chi connectivity index (χ1n) is 3.95. The van der Waals surface area contributed by atoms with Crippen molar-refractivity contribution in [3.05, 3.63) is 26.5 Å². The van der Waals surface area contributed by atoms with E-state index in [-0.39, 0.29) is 11.2 Å². The number of hydrogen-bond acceptors (Lipinski definition) is 3. The molecule has 0 saturated carbocycles. The molecule has 0 radical (unpaired) electrons. The molecule has 0 atom stereocenters. The van der Waals surface area contributed by atoms with Gasteiger partial charge < -0.3 is 5.32 Å². The average Bonchev–Trinajstić information content (AvgIpc) is 2.13. The third-order valence-corrected chi connectivity index (χ3v) is 2.21. The van der Waals surface area contributed by atoms with Gasteiger partial charge in [-0.3, -0.25) is 13.9 Å². The Morgan fingerprint density at radius 3 is 2.15 bits per heavy atom. The Morgan fingerprint density at radius 2 is 1.69 bits per heavy atom. The minimum Gasteiger partial charge on any atom is -0.382 e. The lowest BCUT2D eigenvalue weighted by Crippen LogP contribution is -2.39. The molecule has 13 heavy (non-hydrogen) atoms. The van der Waals surface area contributed by atoms with E-state index >= 15 is 0 Å². The van der Waals surface area contributed by atoms with Crippen LogP contribution in [0.1, 0.15) is 5.69 Å². The van der Waals surface area contributed by atoms with Gasteiger partial charge in [-0.15, -0.1) is 0 Å². The highest BCUT2D eigenvalue weighted by Gasteiger charge is 2.09. The number of rotatable bonds is 1. The molecule has 0 fully saturated rings. The molecule has 1 rings (SSSR count). The zero-order valence-electron chi connectivity index (χ0n) is 8.21. The number of aromatic nitrogens is 2. The Labute approximate surface area is 75.6 Å². The maximum Gasteiger partial charge on any atom is 0.330 e. The second kappa shape index (κ2) is 3.08. The normalized spacial score (nSPS) is 10.2. The molecule has 1 aromatic rings. The summed E-state index contributed by atoms with van der Waals surface area (Å²) in [5.41, 5.74) is 0.518. The van der Waals surface area contributed by atoms with Crippen LogP contribution >= 0.6 is 0 Å². The summed E-state index contributed by atoms with van der Waals surface area (Å²) in [5, 5.41) is 2.78. The van der Waals surface area contributed by atoms with Gasteiger partial charge in [-0.2, -0.15) is 0 Å². The van der Waals surface area contributed by atoms with Gasteiger partial charge in [0.25, 0.3) is 5.56 Å². The minimum atomic E-state index is -0.304. The Hall–Kier alpha value is -1.52. The second-order valence-corrected chi connectivity index (χ2v) is 2.92. The van der Waals surface area contributed by atoms with Gasteiger partial charge in [0.2, 0.25) is 0 Å². The van der Waals surface area contributed by atoms with Gasteiger partial charge in [0, 0.05) is 26.8 Å². The maximum atomic E-state index is 11.5. The fourth-order valence-corrected chi connectivity index (χ4v) is 1.23. The predicted octanol–water partition coefficient (Wildman–Crippen LogP) is -0.566. The zero-order chi connectivity index (χ0) is 10.2. The van der Waals surface area contributed by atoms with Crippen molar-refractivity contribution in [2.24, 2.45) is 14.1 Å². The van der Waals surface area contributed by atoms with Crippen molar-refractivity contribution in [1.29, 1.82) is 0 Å². The van der Waals surface area contributed by atoms with E-state index in [4.69, 9.17) is 0 Å². The van der Waals surface area contributed by atoms with Gasteiger partial charge in [0.05, 0.1) is 0 Å². The predicted molar refractivity (Wildman–Crippen MR) is 51.2 cm³/mol. The van der Waals surface area contributed by atoms with Crippen LogP contribution in [0, 0.1) is 6.92 Å². The molecule has 0 spiro atoms. The van der Waals surface area contributed by atoms with Crippen molar-refractivity contribution < 1.29 is 0 Å². The van der Waals surface area contributed by atoms with Gasteiger partial charge in [-0.25, -0.2) is 4.79 Å². The Kier molecular flexibility index (Phi) is 2.27. The summed E-state index contributed by atoms with van der Waals surface area (Å²) in [6.07, 6.45) is 0. The van der Waals surface area contributed by atoms with Crippen LogP contribution in [0.3, 0.4) is 0 Å². The highest BCUT2D eigenvalue weighted by Crippen LogP contribution is 2.02. The summed E-state index contributed by atoms with van der Waals surface area (Å²) in [7, 11) is 4.76. The van der Waals surface area contributed by atoms with Crippen LogP contribution in [0.5, 0.6) is 0 Å². The van der Waals surface area contributed by atoms with Crippen LogP contribution in [0.25, 0.3) is 0 Å². The Morgan fingerprint density at radius 1 is 1.15 bits per heavy atom. The molecule has 72 valence electrons. The SMILES string of the molecule is CNc1c(C)n(C)c(=O)n(C)c1=O. The maximum absolute atomic E-state index is 11.5. The summed E-state index contributed by atoms with van der Waals surface area (Å²) in [6.45, 7) is 1.73. The lowest BCUT2D eigenvalue weighted by atomic mass is 10.3. The number of nitrogens with one attached hydrogen (secondary N) is 1. The Bertz CT molecular complexity index is 442. The van der Waals surface area contributed by atoms with Crippen molar-refractivity contribution in [1.82, 2.24) is 9.13 Å². The molecule has 0 aliphatic carbocycles. The molecular formula is C8H13N3O2. The van der Waals surface area contributed by atoms with E-state index in [1.807, 2.05) is 0 Å². The summed E-state index contributed by atoms with van der Waals surface area (Å²) < 4.78 is 2.52. The van der Waals surface area contributed by atoms with Crippen molar-refractivity contribution in [2.75, 3.05) is 12.4 Å². The molecule has 1 N–H and O–H groups in total. The van der Waals surface area contributed by atoms with Gasteiger partial charge >= 0.3 is 5.69 Å².